The molecule has 0 aliphatic heterocycles. The first kappa shape index (κ1) is 18.2. The number of carbonyl (C=O) groups is 1. The number of likely N-dealkylation sites (N-methyl/N-ethyl adjacent to an activating group) is 1. The van der Waals surface area contributed by atoms with Crippen molar-refractivity contribution in [2.24, 2.45) is 0 Å². The van der Waals surface area contributed by atoms with Crippen molar-refractivity contribution >= 4 is 12.0 Å². The number of carbonyl (C=O) groups excluding carboxylic acids is 1. The van der Waals surface area contributed by atoms with Crippen LogP contribution in [0.25, 0.3) is 6.08 Å². The molecule has 0 saturated heterocycles. The summed E-state index contributed by atoms with van der Waals surface area (Å²) in [6.45, 7) is 2.77. The van der Waals surface area contributed by atoms with E-state index < -0.39 is 0 Å². The number of hydrogen-bond donors (Lipinski definition) is 0. The lowest BCUT2D eigenvalue weighted by atomic mass is 10.1. The maximum Gasteiger partial charge on any atom is 0.246 e. The molecule has 5 heteroatoms. The number of methoxy groups -OCH3 is 3. The Balaban J connectivity index is 2.19. The van der Waals surface area contributed by atoms with Gasteiger partial charge in [-0.25, -0.2) is 0 Å². The predicted octanol–water partition coefficient (Wildman–Crippen LogP) is 3.52. The van der Waals surface area contributed by atoms with Gasteiger partial charge in [-0.05, 0) is 43.5 Å². The van der Waals surface area contributed by atoms with Gasteiger partial charge >= 0.3 is 0 Å². The Morgan fingerprint density at radius 2 is 1.71 bits per heavy atom. The second-order valence-corrected chi connectivity index (χ2v) is 5.85. The van der Waals surface area contributed by atoms with Crippen LogP contribution in [0.3, 0.4) is 0 Å². The Kier molecular flexibility index (Phi) is 6.53. The van der Waals surface area contributed by atoms with Gasteiger partial charge < -0.3 is 19.1 Å². The number of ether oxygens (including phenoxy) is 3. The van der Waals surface area contributed by atoms with Gasteiger partial charge in [-0.1, -0.05) is 12.8 Å². The van der Waals surface area contributed by atoms with E-state index in [-0.39, 0.29) is 5.91 Å². The van der Waals surface area contributed by atoms with Crippen LogP contribution in [-0.2, 0) is 4.79 Å². The number of rotatable bonds is 7. The SMILES string of the molecule is CCN(C(=O)/C=C/c1cc(OC)c(OC)c(OC)c1)C1CCCC1. The highest BCUT2D eigenvalue weighted by Crippen LogP contribution is 2.38. The number of amides is 1. The summed E-state index contributed by atoms with van der Waals surface area (Å²) in [6, 6.07) is 4.04. The van der Waals surface area contributed by atoms with Crippen LogP contribution >= 0.6 is 0 Å². The Labute approximate surface area is 144 Å². The maximum atomic E-state index is 12.5. The second-order valence-electron chi connectivity index (χ2n) is 5.85. The highest BCUT2D eigenvalue weighted by atomic mass is 16.5. The van der Waals surface area contributed by atoms with Gasteiger partial charge in [0.1, 0.15) is 0 Å². The lowest BCUT2D eigenvalue weighted by molar-refractivity contribution is -0.127. The number of nitrogens with zero attached hydrogens (tertiary/aromatic N) is 1. The highest BCUT2D eigenvalue weighted by molar-refractivity contribution is 5.92. The van der Waals surface area contributed by atoms with E-state index >= 15 is 0 Å². The molecule has 1 aliphatic carbocycles. The Morgan fingerprint density at radius 1 is 1.12 bits per heavy atom. The fraction of sp³-hybridized carbons (Fsp3) is 0.526. The quantitative estimate of drug-likeness (QED) is 0.716. The van der Waals surface area contributed by atoms with Crippen molar-refractivity contribution in [3.63, 3.8) is 0 Å². The summed E-state index contributed by atoms with van der Waals surface area (Å²) in [5.74, 6) is 1.75. The zero-order chi connectivity index (χ0) is 17.5. The molecule has 1 aliphatic rings. The van der Waals surface area contributed by atoms with Gasteiger partial charge in [0, 0.05) is 18.7 Å². The van der Waals surface area contributed by atoms with Gasteiger partial charge in [-0.3, -0.25) is 4.79 Å². The van der Waals surface area contributed by atoms with Crippen molar-refractivity contribution < 1.29 is 19.0 Å². The summed E-state index contributed by atoms with van der Waals surface area (Å²) >= 11 is 0. The van der Waals surface area contributed by atoms with Crippen molar-refractivity contribution in [2.75, 3.05) is 27.9 Å². The molecule has 1 amide bonds. The first-order valence-corrected chi connectivity index (χ1v) is 8.43. The van der Waals surface area contributed by atoms with E-state index in [9.17, 15) is 4.79 Å². The Morgan fingerprint density at radius 3 is 2.17 bits per heavy atom. The average Bonchev–Trinajstić information content (AvgIpc) is 3.13. The molecule has 1 fully saturated rings. The van der Waals surface area contributed by atoms with Gasteiger partial charge in [0.2, 0.25) is 11.7 Å². The fourth-order valence-electron chi connectivity index (χ4n) is 3.27. The molecule has 132 valence electrons. The van der Waals surface area contributed by atoms with Crippen LogP contribution in [0.2, 0.25) is 0 Å². The normalized spacial score (nSPS) is 14.8. The van der Waals surface area contributed by atoms with Crippen LogP contribution in [-0.4, -0.2) is 44.7 Å². The Hall–Kier alpha value is -2.17. The summed E-state index contributed by atoms with van der Waals surface area (Å²) in [7, 11) is 4.73. The molecule has 1 saturated carbocycles. The van der Waals surface area contributed by atoms with Crippen molar-refractivity contribution in [1.82, 2.24) is 4.90 Å². The van der Waals surface area contributed by atoms with E-state index in [0.29, 0.717) is 23.3 Å². The topological polar surface area (TPSA) is 48.0 Å². The zero-order valence-corrected chi connectivity index (χ0v) is 15.0. The molecular weight excluding hydrogens is 306 g/mol. The molecule has 0 atom stereocenters. The standard InChI is InChI=1S/C19H27NO4/c1-5-20(15-8-6-7-9-15)18(21)11-10-14-12-16(22-2)19(24-4)17(13-14)23-3/h10-13,15H,5-9H2,1-4H3/b11-10+. The third-order valence-electron chi connectivity index (χ3n) is 4.49. The predicted molar refractivity (Wildman–Crippen MR) is 94.8 cm³/mol. The lowest BCUT2D eigenvalue weighted by Gasteiger charge is -2.26. The van der Waals surface area contributed by atoms with Gasteiger partial charge in [0.15, 0.2) is 11.5 Å². The van der Waals surface area contributed by atoms with E-state index in [0.717, 1.165) is 24.9 Å². The highest BCUT2D eigenvalue weighted by Gasteiger charge is 2.23. The summed E-state index contributed by atoms with van der Waals surface area (Å²) in [4.78, 5) is 14.5. The van der Waals surface area contributed by atoms with E-state index in [1.807, 2.05) is 24.0 Å². The van der Waals surface area contributed by atoms with Crippen LogP contribution in [0.1, 0.15) is 38.2 Å². The van der Waals surface area contributed by atoms with E-state index in [2.05, 4.69) is 0 Å². The lowest BCUT2D eigenvalue weighted by Crippen LogP contribution is -2.37. The van der Waals surface area contributed by atoms with Crippen LogP contribution in [0.15, 0.2) is 18.2 Å². The average molecular weight is 333 g/mol. The van der Waals surface area contributed by atoms with Gasteiger partial charge in [0.25, 0.3) is 0 Å². The molecule has 0 heterocycles. The first-order chi connectivity index (χ1) is 11.6. The molecule has 0 N–H and O–H groups in total. The molecule has 0 unspecified atom stereocenters. The molecule has 24 heavy (non-hydrogen) atoms. The number of benzene rings is 1. The third kappa shape index (κ3) is 4.02. The molecule has 0 aromatic heterocycles. The van der Waals surface area contributed by atoms with E-state index in [1.165, 1.54) is 12.8 Å². The minimum Gasteiger partial charge on any atom is -0.493 e. The molecule has 1 aromatic rings. The van der Waals surface area contributed by atoms with Crippen molar-refractivity contribution in [3.8, 4) is 17.2 Å². The fourth-order valence-corrected chi connectivity index (χ4v) is 3.27. The maximum absolute atomic E-state index is 12.5. The zero-order valence-electron chi connectivity index (χ0n) is 15.0. The monoisotopic (exact) mass is 333 g/mol. The molecule has 5 nitrogen and oxygen atoms in total. The van der Waals surface area contributed by atoms with Crippen LogP contribution in [0, 0.1) is 0 Å². The van der Waals surface area contributed by atoms with Crippen LogP contribution < -0.4 is 14.2 Å². The van der Waals surface area contributed by atoms with Gasteiger partial charge in [0.05, 0.1) is 21.3 Å². The molecule has 0 radical (unpaired) electrons. The van der Waals surface area contributed by atoms with Gasteiger partial charge in [-0.2, -0.15) is 0 Å². The molecular formula is C19H27NO4. The summed E-state index contributed by atoms with van der Waals surface area (Å²) in [5.41, 5.74) is 0.834. The third-order valence-corrected chi connectivity index (χ3v) is 4.49. The Bertz CT molecular complexity index is 566. The molecule has 0 bridgehead atoms. The van der Waals surface area contributed by atoms with Crippen molar-refractivity contribution in [1.29, 1.82) is 0 Å². The largest absolute Gasteiger partial charge is 0.493 e. The smallest absolute Gasteiger partial charge is 0.246 e. The van der Waals surface area contributed by atoms with E-state index in [1.54, 1.807) is 33.5 Å². The molecule has 0 spiro atoms. The second kappa shape index (κ2) is 8.62. The van der Waals surface area contributed by atoms with Crippen molar-refractivity contribution in [3.05, 3.63) is 23.8 Å². The minimum absolute atomic E-state index is 0.0538. The molecule has 1 aromatic carbocycles. The number of hydrogen-bond acceptors (Lipinski definition) is 4. The summed E-state index contributed by atoms with van der Waals surface area (Å²) in [5, 5.41) is 0. The van der Waals surface area contributed by atoms with Gasteiger partial charge in [-0.15, -0.1) is 0 Å². The first-order valence-electron chi connectivity index (χ1n) is 8.43. The van der Waals surface area contributed by atoms with Crippen LogP contribution in [0.4, 0.5) is 0 Å². The summed E-state index contributed by atoms with van der Waals surface area (Å²) in [6.07, 6.45) is 8.07. The van der Waals surface area contributed by atoms with Crippen molar-refractivity contribution in [2.45, 2.75) is 38.6 Å². The van der Waals surface area contributed by atoms with E-state index in [4.69, 9.17) is 14.2 Å². The minimum atomic E-state index is 0.0538. The summed E-state index contributed by atoms with van der Waals surface area (Å²) < 4.78 is 16.0. The van der Waals surface area contributed by atoms with Crippen LogP contribution in [0.5, 0.6) is 17.2 Å². The molecule has 2 rings (SSSR count).